The molecule has 8 nitrogen and oxygen atoms in total. The maximum atomic E-state index is 10.6. The molecular weight excluding hydrogens is 378 g/mol. The maximum absolute atomic E-state index is 10.6. The van der Waals surface area contributed by atoms with Gasteiger partial charge in [0.1, 0.15) is 12.4 Å². The predicted molar refractivity (Wildman–Crippen MR) is 91.2 cm³/mol. The van der Waals surface area contributed by atoms with Crippen LogP contribution in [-0.2, 0) is 6.61 Å². The number of anilines is 2. The fraction of sp³-hybridized carbons (Fsp3) is 0.0667. The van der Waals surface area contributed by atoms with Gasteiger partial charge < -0.3 is 10.1 Å². The number of aromatic nitrogens is 3. The second-order valence-electron chi connectivity index (χ2n) is 4.78. The van der Waals surface area contributed by atoms with Crippen LogP contribution in [0.5, 0.6) is 5.75 Å². The van der Waals surface area contributed by atoms with Crippen molar-refractivity contribution in [2.75, 3.05) is 5.32 Å². The van der Waals surface area contributed by atoms with Crippen LogP contribution in [0.2, 0.25) is 0 Å². The number of aromatic amines is 1. The second kappa shape index (κ2) is 7.09. The number of nitrogens with one attached hydrogen (secondary N) is 2. The van der Waals surface area contributed by atoms with Crippen LogP contribution in [0.25, 0.3) is 0 Å². The summed E-state index contributed by atoms with van der Waals surface area (Å²) in [4.78, 5) is 14.4. The third-order valence-corrected chi connectivity index (χ3v) is 3.58. The Morgan fingerprint density at radius 1 is 1.17 bits per heavy atom. The summed E-state index contributed by atoms with van der Waals surface area (Å²) in [5.74, 6) is 1.48. The minimum Gasteiger partial charge on any atom is -0.486 e. The van der Waals surface area contributed by atoms with Gasteiger partial charge in [0.25, 0.3) is 5.69 Å². The van der Waals surface area contributed by atoms with Gasteiger partial charge in [0.2, 0.25) is 5.95 Å². The Bertz CT molecular complexity index is 833. The molecule has 0 bridgehead atoms. The van der Waals surface area contributed by atoms with E-state index >= 15 is 0 Å². The second-order valence-corrected chi connectivity index (χ2v) is 5.69. The van der Waals surface area contributed by atoms with E-state index in [0.717, 1.165) is 10.2 Å². The Morgan fingerprint density at radius 3 is 2.54 bits per heavy atom. The maximum Gasteiger partial charge on any atom is 0.269 e. The number of hydrogen-bond acceptors (Lipinski definition) is 6. The van der Waals surface area contributed by atoms with Crippen LogP contribution in [0, 0.1) is 10.1 Å². The van der Waals surface area contributed by atoms with Crippen LogP contribution < -0.4 is 10.1 Å². The molecule has 0 radical (unpaired) electrons. The van der Waals surface area contributed by atoms with Crippen LogP contribution in [0.3, 0.4) is 0 Å². The zero-order valence-corrected chi connectivity index (χ0v) is 13.9. The van der Waals surface area contributed by atoms with E-state index in [1.165, 1.54) is 24.3 Å². The number of ether oxygens (including phenoxy) is 1. The van der Waals surface area contributed by atoms with Gasteiger partial charge in [-0.25, -0.2) is 0 Å². The zero-order valence-electron chi connectivity index (χ0n) is 12.3. The average Bonchev–Trinajstić information content (AvgIpc) is 3.03. The topological polar surface area (TPSA) is 106 Å². The Kier molecular flexibility index (Phi) is 4.71. The monoisotopic (exact) mass is 389 g/mol. The molecule has 0 aliphatic carbocycles. The summed E-state index contributed by atoms with van der Waals surface area (Å²) in [6.07, 6.45) is 0. The molecule has 0 saturated heterocycles. The van der Waals surface area contributed by atoms with Crippen LogP contribution in [0.1, 0.15) is 5.82 Å². The van der Waals surface area contributed by atoms with Gasteiger partial charge >= 0.3 is 0 Å². The first-order chi connectivity index (χ1) is 11.6. The molecule has 9 heteroatoms. The van der Waals surface area contributed by atoms with Crippen LogP contribution in [-0.4, -0.2) is 20.1 Å². The third kappa shape index (κ3) is 4.07. The van der Waals surface area contributed by atoms with E-state index in [9.17, 15) is 10.1 Å². The van der Waals surface area contributed by atoms with Crippen molar-refractivity contribution in [1.29, 1.82) is 0 Å². The molecule has 0 aliphatic heterocycles. The van der Waals surface area contributed by atoms with Crippen molar-refractivity contribution in [2.24, 2.45) is 0 Å². The minimum atomic E-state index is -0.458. The number of hydrogen-bond donors (Lipinski definition) is 2. The van der Waals surface area contributed by atoms with Crippen LogP contribution >= 0.6 is 15.9 Å². The summed E-state index contributed by atoms with van der Waals surface area (Å²) in [6, 6.07) is 13.5. The highest BCUT2D eigenvalue weighted by Gasteiger charge is 2.07. The highest BCUT2D eigenvalue weighted by molar-refractivity contribution is 9.10. The van der Waals surface area contributed by atoms with Gasteiger partial charge in [-0.15, -0.1) is 5.10 Å². The van der Waals surface area contributed by atoms with E-state index in [4.69, 9.17) is 4.74 Å². The summed E-state index contributed by atoms with van der Waals surface area (Å²) in [7, 11) is 0. The van der Waals surface area contributed by atoms with E-state index in [-0.39, 0.29) is 12.3 Å². The molecule has 0 unspecified atom stereocenters. The SMILES string of the molecule is O=[N+]([O-])c1ccc(OCc2nc(Nc3ccc(Br)cc3)n[nH]2)cc1. The standard InChI is InChI=1S/C15H12BrN5O3/c16-10-1-3-11(4-2-10)17-15-18-14(19-20-15)9-24-13-7-5-12(6-8-13)21(22)23/h1-8H,9H2,(H2,17,18,19,20). The molecule has 1 heterocycles. The van der Waals surface area contributed by atoms with Gasteiger partial charge in [-0.05, 0) is 36.4 Å². The fourth-order valence-electron chi connectivity index (χ4n) is 1.89. The number of nitro groups is 1. The molecular formula is C15H12BrN5O3. The number of rotatable bonds is 6. The first-order valence-electron chi connectivity index (χ1n) is 6.91. The minimum absolute atomic E-state index is 0.0167. The van der Waals surface area contributed by atoms with Gasteiger partial charge in [-0.2, -0.15) is 4.98 Å². The molecule has 2 N–H and O–H groups in total. The van der Waals surface area contributed by atoms with Crippen molar-refractivity contribution in [3.8, 4) is 5.75 Å². The molecule has 3 aromatic rings. The summed E-state index contributed by atoms with van der Waals surface area (Å²) < 4.78 is 6.50. The third-order valence-electron chi connectivity index (χ3n) is 3.06. The average molecular weight is 390 g/mol. The molecule has 0 saturated carbocycles. The lowest BCUT2D eigenvalue weighted by atomic mass is 10.3. The van der Waals surface area contributed by atoms with E-state index in [1.54, 1.807) is 0 Å². The number of nitrogens with zero attached hydrogens (tertiary/aromatic N) is 3. The van der Waals surface area contributed by atoms with Crippen molar-refractivity contribution in [3.63, 3.8) is 0 Å². The molecule has 0 aliphatic rings. The van der Waals surface area contributed by atoms with Gasteiger partial charge in [0, 0.05) is 22.3 Å². The predicted octanol–water partition coefficient (Wildman–Crippen LogP) is 3.80. The first kappa shape index (κ1) is 15.9. The van der Waals surface area contributed by atoms with Gasteiger partial charge in [-0.3, -0.25) is 15.2 Å². The fourth-order valence-corrected chi connectivity index (χ4v) is 2.16. The molecule has 24 heavy (non-hydrogen) atoms. The van der Waals surface area contributed by atoms with Crippen molar-refractivity contribution in [1.82, 2.24) is 15.2 Å². The van der Waals surface area contributed by atoms with Gasteiger partial charge in [0.15, 0.2) is 5.82 Å². The summed E-state index contributed by atoms with van der Waals surface area (Å²) in [6.45, 7) is 0.173. The van der Waals surface area contributed by atoms with Crippen LogP contribution in [0.4, 0.5) is 17.3 Å². The molecule has 2 aromatic carbocycles. The molecule has 1 aromatic heterocycles. The van der Waals surface area contributed by atoms with E-state index < -0.39 is 4.92 Å². The molecule has 3 rings (SSSR count). The molecule has 0 amide bonds. The molecule has 0 fully saturated rings. The van der Waals surface area contributed by atoms with Crippen molar-refractivity contribution < 1.29 is 9.66 Å². The molecule has 122 valence electrons. The Balaban J connectivity index is 1.57. The van der Waals surface area contributed by atoms with Crippen LogP contribution in [0.15, 0.2) is 53.0 Å². The Morgan fingerprint density at radius 2 is 1.88 bits per heavy atom. The van der Waals surface area contributed by atoms with Crippen molar-refractivity contribution in [3.05, 3.63) is 68.9 Å². The lowest BCUT2D eigenvalue weighted by Crippen LogP contribution is -1.98. The normalized spacial score (nSPS) is 10.4. The largest absolute Gasteiger partial charge is 0.486 e. The van der Waals surface area contributed by atoms with Gasteiger partial charge in [0.05, 0.1) is 4.92 Å². The smallest absolute Gasteiger partial charge is 0.269 e. The Hall–Kier alpha value is -2.94. The number of nitro benzene ring substituents is 1. The summed E-state index contributed by atoms with van der Waals surface area (Å²) >= 11 is 3.37. The lowest BCUT2D eigenvalue weighted by molar-refractivity contribution is -0.384. The quantitative estimate of drug-likeness (QED) is 0.490. The number of benzene rings is 2. The zero-order chi connectivity index (χ0) is 16.9. The van der Waals surface area contributed by atoms with E-state index in [1.807, 2.05) is 24.3 Å². The summed E-state index contributed by atoms with van der Waals surface area (Å²) in [5.41, 5.74) is 0.878. The van der Waals surface area contributed by atoms with Gasteiger partial charge in [-0.1, -0.05) is 15.9 Å². The lowest BCUT2D eigenvalue weighted by Gasteiger charge is -2.03. The number of non-ortho nitro benzene ring substituents is 1. The first-order valence-corrected chi connectivity index (χ1v) is 7.70. The number of H-pyrrole nitrogens is 1. The highest BCUT2D eigenvalue weighted by Crippen LogP contribution is 2.19. The molecule has 0 atom stereocenters. The van der Waals surface area contributed by atoms with E-state index in [2.05, 4.69) is 36.4 Å². The molecule has 0 spiro atoms. The van der Waals surface area contributed by atoms with E-state index in [0.29, 0.717) is 17.5 Å². The summed E-state index contributed by atoms with van der Waals surface area (Å²) in [5, 5.41) is 20.5. The highest BCUT2D eigenvalue weighted by atomic mass is 79.9. The number of halogens is 1. The van der Waals surface area contributed by atoms with Crippen molar-refractivity contribution in [2.45, 2.75) is 6.61 Å². The van der Waals surface area contributed by atoms with Crippen molar-refractivity contribution >= 4 is 33.3 Å². The Labute approximate surface area is 145 Å².